The second kappa shape index (κ2) is 9.44. The van der Waals surface area contributed by atoms with Crippen LogP contribution >= 0.6 is 11.8 Å². The van der Waals surface area contributed by atoms with E-state index in [1.807, 2.05) is 24.3 Å². The first-order valence-electron chi connectivity index (χ1n) is 12.1. The Morgan fingerprint density at radius 1 is 0.906 bits per heavy atom. The fourth-order valence-electron chi connectivity index (χ4n) is 5.63. The van der Waals surface area contributed by atoms with Crippen LogP contribution in [0.3, 0.4) is 0 Å². The van der Waals surface area contributed by atoms with E-state index in [1.165, 1.54) is 54.7 Å². The molecule has 4 rings (SSSR count). The highest BCUT2D eigenvalue weighted by Gasteiger charge is 2.66. The highest BCUT2D eigenvalue weighted by atomic mass is 32.2. The molecule has 3 nitrogen and oxygen atoms in total. The molecule has 2 saturated heterocycles. The van der Waals surface area contributed by atoms with Gasteiger partial charge in [-0.25, -0.2) is 0 Å². The molecular weight excluding hydrogens is 432 g/mol. The Balaban J connectivity index is 1.27. The number of hydrogen-bond donors (Lipinski definition) is 2. The molecule has 0 aliphatic carbocycles. The molecule has 0 saturated carbocycles. The van der Waals surface area contributed by atoms with Gasteiger partial charge in [-0.15, -0.1) is 0 Å². The number of hydrogen-bond acceptors (Lipinski definition) is 4. The Morgan fingerprint density at radius 3 is 2.00 bits per heavy atom. The average Bonchev–Trinajstić information content (AvgIpc) is 3.06. The van der Waals surface area contributed by atoms with Crippen molar-refractivity contribution in [3.63, 3.8) is 0 Å². The van der Waals surface area contributed by atoms with Crippen LogP contribution in [0.25, 0.3) is 0 Å². The quantitative estimate of drug-likeness (QED) is 0.304. The number of phenolic OH excluding ortho intramolecular Hbond substituents is 2. The lowest BCUT2D eigenvalue weighted by Gasteiger charge is -2.54. The number of aromatic hydroxyl groups is 2. The summed E-state index contributed by atoms with van der Waals surface area (Å²) in [5.41, 5.74) is 2.60. The highest BCUT2D eigenvalue weighted by Crippen LogP contribution is 2.66. The van der Waals surface area contributed by atoms with E-state index < -0.39 is 8.32 Å². The molecule has 174 valence electrons. The number of thioether (sulfide) groups is 1. The van der Waals surface area contributed by atoms with Crippen LogP contribution in [0.5, 0.6) is 11.5 Å². The molecule has 2 fully saturated rings. The SMILES string of the molecule is CC1(C)O[Si@@]2(CCC2(C)CCCc2ccc(O)cc2)CC1SCCCc1ccc(O)cc1. The summed E-state index contributed by atoms with van der Waals surface area (Å²) >= 11 is 2.12. The smallest absolute Gasteiger partial charge is 0.200 e. The molecule has 2 unspecified atom stereocenters. The van der Waals surface area contributed by atoms with E-state index in [4.69, 9.17) is 4.43 Å². The standard InChI is InChI=1S/C27H38O3SSi/c1-26(2)25(31-18-5-7-22-10-14-24(29)15-11-22)20-32(30-26)19-17-27(32,3)16-4-6-21-8-12-23(28)13-9-21/h8-15,25,28-29H,4-7,16-20H2,1-3H3/t25?,27?,32-/m0/s1. The third-order valence-electron chi connectivity index (χ3n) is 7.93. The molecular formula is C27H38O3SSi. The van der Waals surface area contributed by atoms with Crippen molar-refractivity contribution >= 4 is 20.1 Å². The minimum absolute atomic E-state index is 0.0198. The molecule has 3 atom stereocenters. The number of benzene rings is 2. The summed E-state index contributed by atoms with van der Waals surface area (Å²) < 4.78 is 7.00. The molecule has 2 aliphatic rings. The van der Waals surface area contributed by atoms with Crippen LogP contribution in [0, 0.1) is 0 Å². The van der Waals surface area contributed by atoms with Crippen LogP contribution in [-0.4, -0.2) is 35.1 Å². The second-order valence-corrected chi connectivity index (χ2v) is 16.2. The van der Waals surface area contributed by atoms with Crippen molar-refractivity contribution in [1.29, 1.82) is 0 Å². The van der Waals surface area contributed by atoms with Gasteiger partial charge >= 0.3 is 0 Å². The molecule has 0 bridgehead atoms. The van der Waals surface area contributed by atoms with Gasteiger partial charge in [0.2, 0.25) is 8.32 Å². The predicted octanol–water partition coefficient (Wildman–Crippen LogP) is 7.07. The minimum atomic E-state index is -1.70. The highest BCUT2D eigenvalue weighted by molar-refractivity contribution is 8.00. The Labute approximate surface area is 198 Å². The maximum absolute atomic E-state index is 9.50. The van der Waals surface area contributed by atoms with Gasteiger partial charge in [0.25, 0.3) is 0 Å². The summed E-state index contributed by atoms with van der Waals surface area (Å²) in [6.45, 7) is 7.15. The van der Waals surface area contributed by atoms with Crippen molar-refractivity contribution in [1.82, 2.24) is 0 Å². The van der Waals surface area contributed by atoms with Gasteiger partial charge in [-0.3, -0.25) is 0 Å². The summed E-state index contributed by atoms with van der Waals surface area (Å²) in [5.74, 6) is 1.86. The Hall–Kier alpha value is -1.43. The van der Waals surface area contributed by atoms with Gasteiger partial charge in [0.1, 0.15) is 11.5 Å². The van der Waals surface area contributed by atoms with Gasteiger partial charge in [0.05, 0.1) is 5.60 Å². The zero-order chi connectivity index (χ0) is 22.8. The lowest BCUT2D eigenvalue weighted by atomic mass is 9.96. The second-order valence-electron chi connectivity index (χ2n) is 10.6. The molecule has 0 aromatic heterocycles. The van der Waals surface area contributed by atoms with E-state index in [9.17, 15) is 10.2 Å². The molecule has 2 aromatic carbocycles. The lowest BCUT2D eigenvalue weighted by Crippen LogP contribution is -2.56. The molecule has 0 amide bonds. The molecule has 32 heavy (non-hydrogen) atoms. The minimum Gasteiger partial charge on any atom is -0.508 e. The van der Waals surface area contributed by atoms with E-state index in [-0.39, 0.29) is 5.60 Å². The van der Waals surface area contributed by atoms with Crippen molar-refractivity contribution in [3.8, 4) is 11.5 Å². The van der Waals surface area contributed by atoms with Crippen LogP contribution in [0.1, 0.15) is 57.6 Å². The van der Waals surface area contributed by atoms with Crippen molar-refractivity contribution < 1.29 is 14.6 Å². The van der Waals surface area contributed by atoms with Crippen molar-refractivity contribution in [2.24, 2.45) is 0 Å². The summed E-state index contributed by atoms with van der Waals surface area (Å²) in [7, 11) is -1.70. The molecule has 1 spiro atoms. The maximum atomic E-state index is 9.50. The summed E-state index contributed by atoms with van der Waals surface area (Å²) in [6, 6.07) is 17.9. The summed E-state index contributed by atoms with van der Waals surface area (Å²) in [6.07, 6.45) is 7.10. The van der Waals surface area contributed by atoms with Crippen LogP contribution in [0.2, 0.25) is 17.1 Å². The molecule has 2 aliphatic heterocycles. The topological polar surface area (TPSA) is 49.7 Å². The first-order valence-corrected chi connectivity index (χ1v) is 15.5. The third-order valence-corrected chi connectivity index (χ3v) is 15.6. The van der Waals surface area contributed by atoms with Crippen LogP contribution in [0.15, 0.2) is 48.5 Å². The van der Waals surface area contributed by atoms with E-state index in [1.54, 1.807) is 24.3 Å². The first kappa shape index (κ1) is 23.7. The van der Waals surface area contributed by atoms with Crippen LogP contribution < -0.4 is 0 Å². The van der Waals surface area contributed by atoms with Crippen molar-refractivity contribution in [2.45, 2.75) is 87.3 Å². The Morgan fingerprint density at radius 2 is 1.47 bits per heavy atom. The molecule has 2 heterocycles. The van der Waals surface area contributed by atoms with E-state index >= 15 is 0 Å². The number of rotatable bonds is 9. The van der Waals surface area contributed by atoms with Crippen LogP contribution in [0.4, 0.5) is 0 Å². The molecule has 0 radical (unpaired) electrons. The fourth-order valence-corrected chi connectivity index (χ4v) is 13.7. The first-order chi connectivity index (χ1) is 15.2. The third kappa shape index (κ3) is 5.05. The number of aryl methyl sites for hydroxylation is 2. The fraction of sp³-hybridized carbons (Fsp3) is 0.556. The van der Waals surface area contributed by atoms with Gasteiger partial charge < -0.3 is 14.6 Å². The Kier molecular flexibility index (Phi) is 6.99. The van der Waals surface area contributed by atoms with Gasteiger partial charge in [-0.1, -0.05) is 31.2 Å². The van der Waals surface area contributed by atoms with Crippen LogP contribution in [-0.2, 0) is 17.3 Å². The van der Waals surface area contributed by atoms with Crippen molar-refractivity contribution in [3.05, 3.63) is 59.7 Å². The van der Waals surface area contributed by atoms with Gasteiger partial charge in [-0.2, -0.15) is 11.8 Å². The van der Waals surface area contributed by atoms with Gasteiger partial charge in [0, 0.05) is 5.25 Å². The molecule has 5 heteroatoms. The normalized spacial score (nSPS) is 28.7. The Bertz CT molecular complexity index is 898. The zero-order valence-electron chi connectivity index (χ0n) is 19.8. The van der Waals surface area contributed by atoms with E-state index in [0.29, 0.717) is 21.8 Å². The summed E-state index contributed by atoms with van der Waals surface area (Å²) in [5, 5.41) is 20.0. The van der Waals surface area contributed by atoms with E-state index in [2.05, 4.69) is 32.5 Å². The zero-order valence-corrected chi connectivity index (χ0v) is 21.6. The van der Waals surface area contributed by atoms with Gasteiger partial charge in [0.15, 0.2) is 0 Å². The predicted molar refractivity (Wildman–Crippen MR) is 137 cm³/mol. The molecule has 2 aromatic rings. The molecule has 2 N–H and O–H groups in total. The lowest BCUT2D eigenvalue weighted by molar-refractivity contribution is 0.109. The van der Waals surface area contributed by atoms with E-state index in [0.717, 1.165) is 12.8 Å². The van der Waals surface area contributed by atoms with Crippen molar-refractivity contribution in [2.75, 3.05) is 5.75 Å². The summed E-state index contributed by atoms with van der Waals surface area (Å²) in [4.78, 5) is 0. The largest absolute Gasteiger partial charge is 0.508 e. The monoisotopic (exact) mass is 470 g/mol. The average molecular weight is 471 g/mol. The number of phenols is 2. The van der Waals surface area contributed by atoms with Gasteiger partial charge in [-0.05, 0) is 111 Å². The maximum Gasteiger partial charge on any atom is 0.200 e.